The van der Waals surface area contributed by atoms with E-state index in [4.69, 9.17) is 10.7 Å². The molecule has 0 aliphatic rings. The summed E-state index contributed by atoms with van der Waals surface area (Å²) >= 11 is 0. The van der Waals surface area contributed by atoms with Crippen LogP contribution in [0, 0.1) is 0 Å². The number of unbranched alkanes of at least 4 members (excludes halogenated alkanes) is 2. The molecule has 2 aromatic rings. The number of benzene rings is 1. The van der Waals surface area contributed by atoms with E-state index >= 15 is 0 Å². The fraction of sp³-hybridized carbons (Fsp3) is 0.588. The van der Waals surface area contributed by atoms with Crippen LogP contribution in [0.1, 0.15) is 50.9 Å². The summed E-state index contributed by atoms with van der Waals surface area (Å²) in [5.74, 6) is 1.20. The fourth-order valence-corrected chi connectivity index (χ4v) is 2.67. The quantitative estimate of drug-likeness (QED) is 0.746. The molecule has 0 aliphatic carbocycles. The number of aryl methyl sites for hydroxylation is 3. The Morgan fingerprint density at radius 1 is 1.15 bits per heavy atom. The summed E-state index contributed by atoms with van der Waals surface area (Å²) in [5.41, 5.74) is 9.44. The molecular weight excluding hydrogens is 246 g/mol. The summed E-state index contributed by atoms with van der Waals surface area (Å²) in [5, 5.41) is 0. The van der Waals surface area contributed by atoms with Gasteiger partial charge in [0.1, 0.15) is 5.82 Å². The van der Waals surface area contributed by atoms with Crippen molar-refractivity contribution in [3.63, 3.8) is 0 Å². The zero-order valence-corrected chi connectivity index (χ0v) is 12.9. The lowest BCUT2D eigenvalue weighted by Gasteiger charge is -2.08. The molecule has 0 saturated carbocycles. The number of fused-ring (bicyclic) bond motifs is 1. The van der Waals surface area contributed by atoms with Crippen molar-refractivity contribution in [1.82, 2.24) is 9.55 Å². The van der Waals surface area contributed by atoms with E-state index in [9.17, 15) is 0 Å². The summed E-state index contributed by atoms with van der Waals surface area (Å²) in [7, 11) is 0. The zero-order chi connectivity index (χ0) is 14.4. The Bertz CT molecular complexity index is 542. The van der Waals surface area contributed by atoms with E-state index in [0.717, 1.165) is 37.9 Å². The topological polar surface area (TPSA) is 43.8 Å². The molecule has 1 heterocycles. The average molecular weight is 273 g/mol. The van der Waals surface area contributed by atoms with Crippen molar-refractivity contribution in [3.8, 4) is 0 Å². The number of hydrogen-bond acceptors (Lipinski definition) is 2. The van der Waals surface area contributed by atoms with E-state index < -0.39 is 0 Å². The van der Waals surface area contributed by atoms with E-state index in [2.05, 4.69) is 36.6 Å². The summed E-state index contributed by atoms with van der Waals surface area (Å²) in [4.78, 5) is 4.84. The summed E-state index contributed by atoms with van der Waals surface area (Å²) in [6.07, 6.45) is 6.83. The predicted molar refractivity (Wildman–Crippen MR) is 86.0 cm³/mol. The van der Waals surface area contributed by atoms with Crippen molar-refractivity contribution >= 4 is 11.0 Å². The molecule has 0 amide bonds. The van der Waals surface area contributed by atoms with Gasteiger partial charge in [0.15, 0.2) is 0 Å². The average Bonchev–Trinajstić information content (AvgIpc) is 2.82. The van der Waals surface area contributed by atoms with Crippen LogP contribution in [0.3, 0.4) is 0 Å². The van der Waals surface area contributed by atoms with Gasteiger partial charge in [0.25, 0.3) is 0 Å². The monoisotopic (exact) mass is 273 g/mol. The van der Waals surface area contributed by atoms with E-state index in [1.54, 1.807) is 0 Å². The van der Waals surface area contributed by atoms with Crippen LogP contribution in [0.25, 0.3) is 11.0 Å². The third kappa shape index (κ3) is 3.40. The molecule has 3 heteroatoms. The number of hydrogen-bond donors (Lipinski definition) is 1. The first kappa shape index (κ1) is 15.0. The van der Waals surface area contributed by atoms with Crippen LogP contribution in [-0.2, 0) is 19.4 Å². The molecule has 1 aromatic carbocycles. The number of rotatable bonds is 8. The first-order valence-electron chi connectivity index (χ1n) is 7.98. The smallest absolute Gasteiger partial charge is 0.109 e. The highest BCUT2D eigenvalue weighted by Crippen LogP contribution is 2.20. The minimum Gasteiger partial charge on any atom is -0.330 e. The van der Waals surface area contributed by atoms with Crippen LogP contribution < -0.4 is 5.73 Å². The Kier molecular flexibility index (Phi) is 5.60. The summed E-state index contributed by atoms with van der Waals surface area (Å²) in [6, 6.07) is 6.70. The molecule has 1 aromatic heterocycles. The zero-order valence-electron chi connectivity index (χ0n) is 12.9. The number of imidazole rings is 1. The van der Waals surface area contributed by atoms with Crippen molar-refractivity contribution in [2.75, 3.05) is 6.54 Å². The summed E-state index contributed by atoms with van der Waals surface area (Å²) in [6.45, 7) is 6.25. The van der Waals surface area contributed by atoms with Crippen LogP contribution in [0.4, 0.5) is 0 Å². The number of nitrogens with two attached hydrogens (primary N) is 1. The van der Waals surface area contributed by atoms with E-state index in [-0.39, 0.29) is 0 Å². The van der Waals surface area contributed by atoms with Crippen molar-refractivity contribution in [2.24, 2.45) is 5.73 Å². The molecule has 0 radical (unpaired) electrons. The van der Waals surface area contributed by atoms with Crippen molar-refractivity contribution in [1.29, 1.82) is 0 Å². The van der Waals surface area contributed by atoms with E-state index in [1.165, 1.54) is 36.2 Å². The van der Waals surface area contributed by atoms with Crippen molar-refractivity contribution < 1.29 is 0 Å². The molecule has 0 bridgehead atoms. The van der Waals surface area contributed by atoms with Crippen molar-refractivity contribution in [2.45, 2.75) is 58.9 Å². The lowest BCUT2D eigenvalue weighted by molar-refractivity contribution is 0.585. The van der Waals surface area contributed by atoms with Gasteiger partial charge in [-0.1, -0.05) is 32.8 Å². The minimum atomic E-state index is 0.734. The maximum atomic E-state index is 5.65. The predicted octanol–water partition coefficient (Wildman–Crippen LogP) is 3.68. The maximum absolute atomic E-state index is 5.65. The van der Waals surface area contributed by atoms with Gasteiger partial charge in [-0.2, -0.15) is 0 Å². The van der Waals surface area contributed by atoms with Gasteiger partial charge in [-0.15, -0.1) is 0 Å². The van der Waals surface area contributed by atoms with Crippen LogP contribution >= 0.6 is 0 Å². The molecular formula is C17H27N3. The van der Waals surface area contributed by atoms with Crippen LogP contribution in [0.15, 0.2) is 18.2 Å². The molecule has 0 aliphatic heterocycles. The second-order valence-corrected chi connectivity index (χ2v) is 5.46. The number of nitrogens with zero attached hydrogens (tertiary/aromatic N) is 2. The molecule has 20 heavy (non-hydrogen) atoms. The minimum absolute atomic E-state index is 0.734. The molecule has 0 atom stereocenters. The third-order valence-corrected chi connectivity index (χ3v) is 3.89. The van der Waals surface area contributed by atoms with Gasteiger partial charge in [0.2, 0.25) is 0 Å². The highest BCUT2D eigenvalue weighted by Gasteiger charge is 2.10. The maximum Gasteiger partial charge on any atom is 0.109 e. The standard InChI is InChI=1S/C17H27N3/c1-3-5-6-12-20-16-10-9-14(4-2)13-15(16)19-17(20)8-7-11-18/h9-10,13H,3-8,11-12,18H2,1-2H3. The largest absolute Gasteiger partial charge is 0.330 e. The molecule has 0 spiro atoms. The van der Waals surface area contributed by atoms with Gasteiger partial charge in [-0.05, 0) is 43.5 Å². The fourth-order valence-electron chi connectivity index (χ4n) is 2.67. The van der Waals surface area contributed by atoms with Crippen LogP contribution in [-0.4, -0.2) is 16.1 Å². The molecule has 2 N–H and O–H groups in total. The Hall–Kier alpha value is -1.35. The van der Waals surface area contributed by atoms with Gasteiger partial charge >= 0.3 is 0 Å². The second kappa shape index (κ2) is 7.44. The SMILES string of the molecule is CCCCCn1c(CCCN)nc2cc(CC)ccc21. The first-order valence-corrected chi connectivity index (χ1v) is 7.98. The lowest BCUT2D eigenvalue weighted by atomic mass is 10.1. The summed E-state index contributed by atoms with van der Waals surface area (Å²) < 4.78 is 2.40. The van der Waals surface area contributed by atoms with Crippen LogP contribution in [0.2, 0.25) is 0 Å². The van der Waals surface area contributed by atoms with Crippen LogP contribution in [0.5, 0.6) is 0 Å². The second-order valence-electron chi connectivity index (χ2n) is 5.46. The van der Waals surface area contributed by atoms with E-state index in [0.29, 0.717) is 0 Å². The molecule has 0 saturated heterocycles. The first-order chi connectivity index (χ1) is 9.80. The Morgan fingerprint density at radius 3 is 2.70 bits per heavy atom. The normalized spacial score (nSPS) is 11.3. The highest BCUT2D eigenvalue weighted by molar-refractivity contribution is 5.77. The third-order valence-electron chi connectivity index (χ3n) is 3.89. The number of aromatic nitrogens is 2. The molecule has 0 fully saturated rings. The van der Waals surface area contributed by atoms with Gasteiger partial charge in [-0.3, -0.25) is 0 Å². The molecule has 0 unspecified atom stereocenters. The van der Waals surface area contributed by atoms with Gasteiger partial charge in [-0.25, -0.2) is 4.98 Å². The molecule has 110 valence electrons. The van der Waals surface area contributed by atoms with Gasteiger partial charge < -0.3 is 10.3 Å². The Balaban J connectivity index is 2.32. The van der Waals surface area contributed by atoms with E-state index in [1.807, 2.05) is 0 Å². The van der Waals surface area contributed by atoms with Gasteiger partial charge in [0.05, 0.1) is 11.0 Å². The highest BCUT2D eigenvalue weighted by atomic mass is 15.1. The van der Waals surface area contributed by atoms with Gasteiger partial charge in [0, 0.05) is 13.0 Å². The lowest BCUT2D eigenvalue weighted by Crippen LogP contribution is -2.07. The Labute approximate surface area is 122 Å². The Morgan fingerprint density at radius 2 is 2.00 bits per heavy atom. The van der Waals surface area contributed by atoms with Crippen molar-refractivity contribution in [3.05, 3.63) is 29.6 Å². The molecule has 3 nitrogen and oxygen atoms in total. The molecule has 2 rings (SSSR count).